The highest BCUT2D eigenvalue weighted by molar-refractivity contribution is 4.61. The molecule has 32 heavy (non-hydrogen) atoms. The maximum Gasteiger partial charge on any atom is 0.0594 e. The van der Waals surface area contributed by atoms with Gasteiger partial charge in [0.15, 0.2) is 0 Å². The summed E-state index contributed by atoms with van der Waals surface area (Å²) in [6, 6.07) is 0. The first-order chi connectivity index (χ1) is 15.9. The molecule has 1 rings (SSSR count). The van der Waals surface area contributed by atoms with Gasteiger partial charge in [0.25, 0.3) is 0 Å². The Hall–Kier alpha value is -0.0800. The molecule has 2 heteroatoms. The fraction of sp³-hybridized carbons (Fsp3) is 1.00. The summed E-state index contributed by atoms with van der Waals surface area (Å²) in [5.74, 6) is 0. The lowest BCUT2D eigenvalue weighted by molar-refractivity contribution is 0.0371. The molecule has 0 amide bonds. The van der Waals surface area contributed by atoms with E-state index < -0.39 is 0 Å². The summed E-state index contributed by atoms with van der Waals surface area (Å²) in [4.78, 5) is 2.57. The average Bonchev–Trinajstić information content (AvgIpc) is 2.82. The number of hydrogen-bond donors (Lipinski definition) is 0. The monoisotopic (exact) mass is 451 g/mol. The summed E-state index contributed by atoms with van der Waals surface area (Å²) in [6.07, 6.45) is 35.2. The summed E-state index contributed by atoms with van der Waals surface area (Å²) in [5, 5.41) is 0. The van der Waals surface area contributed by atoms with E-state index in [1.807, 2.05) is 0 Å². The van der Waals surface area contributed by atoms with E-state index in [9.17, 15) is 0 Å². The fourth-order valence-corrected chi connectivity index (χ4v) is 5.12. The van der Waals surface area contributed by atoms with Crippen LogP contribution in [0.2, 0.25) is 0 Å². The summed E-state index contributed by atoms with van der Waals surface area (Å²) in [7, 11) is 0. The van der Waals surface area contributed by atoms with Crippen LogP contribution in [-0.2, 0) is 4.74 Å². The molecule has 1 heterocycles. The van der Waals surface area contributed by atoms with Crippen LogP contribution in [0.25, 0.3) is 0 Å². The molecule has 0 saturated carbocycles. The Bertz CT molecular complexity index is 340. The first-order valence-electron chi connectivity index (χ1n) is 15.2. The largest absolute Gasteiger partial charge is 0.379 e. The lowest BCUT2D eigenvalue weighted by Crippen LogP contribution is -2.36. The standard InChI is InChI=1S/C30H61NO/c1-2-3-4-5-6-7-8-9-10-11-12-13-14-15-16-17-18-19-20-21-22-23-24-25-26-31-27-29-32-30-28-31/h2-30H2,1H3. The topological polar surface area (TPSA) is 12.5 Å². The predicted molar refractivity (Wildman–Crippen MR) is 144 cm³/mol. The Morgan fingerprint density at radius 2 is 0.688 bits per heavy atom. The molecule has 0 spiro atoms. The van der Waals surface area contributed by atoms with Gasteiger partial charge in [-0.1, -0.05) is 155 Å². The van der Waals surface area contributed by atoms with E-state index in [1.54, 1.807) is 0 Å². The van der Waals surface area contributed by atoms with Crippen molar-refractivity contribution in [3.05, 3.63) is 0 Å². The third-order valence-corrected chi connectivity index (χ3v) is 7.43. The van der Waals surface area contributed by atoms with Crippen LogP contribution in [0.15, 0.2) is 0 Å². The zero-order chi connectivity index (χ0) is 22.8. The molecule has 1 saturated heterocycles. The Morgan fingerprint density at radius 3 is 1.00 bits per heavy atom. The second kappa shape index (κ2) is 25.5. The van der Waals surface area contributed by atoms with Crippen LogP contribution in [0.3, 0.4) is 0 Å². The van der Waals surface area contributed by atoms with Gasteiger partial charge in [-0.2, -0.15) is 0 Å². The SMILES string of the molecule is CCCCCCCCCCCCCCCCCCCCCCCCCCN1CCOCC1. The van der Waals surface area contributed by atoms with Crippen molar-refractivity contribution < 1.29 is 4.74 Å². The highest BCUT2D eigenvalue weighted by atomic mass is 16.5. The average molecular weight is 452 g/mol. The fourth-order valence-electron chi connectivity index (χ4n) is 5.12. The van der Waals surface area contributed by atoms with Crippen LogP contribution in [0.1, 0.15) is 161 Å². The van der Waals surface area contributed by atoms with E-state index in [4.69, 9.17) is 4.74 Å². The van der Waals surface area contributed by atoms with Crippen molar-refractivity contribution in [1.82, 2.24) is 4.90 Å². The van der Waals surface area contributed by atoms with Gasteiger partial charge in [0.05, 0.1) is 13.2 Å². The third kappa shape index (κ3) is 21.7. The molecule has 1 fully saturated rings. The van der Waals surface area contributed by atoms with Crippen LogP contribution in [0.4, 0.5) is 0 Å². The van der Waals surface area contributed by atoms with E-state index in [-0.39, 0.29) is 0 Å². The molecule has 0 N–H and O–H groups in total. The van der Waals surface area contributed by atoms with Crippen LogP contribution < -0.4 is 0 Å². The van der Waals surface area contributed by atoms with Gasteiger partial charge in [0.2, 0.25) is 0 Å². The highest BCUT2D eigenvalue weighted by Gasteiger charge is 2.08. The van der Waals surface area contributed by atoms with Crippen molar-refractivity contribution in [3.8, 4) is 0 Å². The van der Waals surface area contributed by atoms with Gasteiger partial charge in [0.1, 0.15) is 0 Å². The molecule has 0 bridgehead atoms. The summed E-state index contributed by atoms with van der Waals surface area (Å²) >= 11 is 0. The normalized spacial score (nSPS) is 14.9. The number of hydrogen-bond acceptors (Lipinski definition) is 2. The highest BCUT2D eigenvalue weighted by Crippen LogP contribution is 2.15. The van der Waals surface area contributed by atoms with Gasteiger partial charge in [-0.15, -0.1) is 0 Å². The zero-order valence-electron chi connectivity index (χ0n) is 22.4. The first kappa shape index (κ1) is 30.0. The lowest BCUT2D eigenvalue weighted by atomic mass is 10.0. The van der Waals surface area contributed by atoms with Crippen molar-refractivity contribution >= 4 is 0 Å². The number of morpholine rings is 1. The van der Waals surface area contributed by atoms with E-state index in [0.29, 0.717) is 0 Å². The molecule has 1 aliphatic heterocycles. The molecular formula is C30H61NO. The minimum atomic E-state index is 0.944. The summed E-state index contributed by atoms with van der Waals surface area (Å²) < 4.78 is 5.41. The Labute approximate surface area is 203 Å². The van der Waals surface area contributed by atoms with E-state index in [1.165, 1.54) is 161 Å². The second-order valence-electron chi connectivity index (χ2n) is 10.6. The maximum atomic E-state index is 5.41. The van der Waals surface area contributed by atoms with Crippen molar-refractivity contribution in [2.75, 3.05) is 32.8 Å². The molecule has 0 radical (unpaired) electrons. The number of ether oxygens (including phenoxy) is 1. The van der Waals surface area contributed by atoms with Crippen LogP contribution in [0.5, 0.6) is 0 Å². The molecule has 0 unspecified atom stereocenters. The van der Waals surface area contributed by atoms with E-state index in [2.05, 4.69) is 11.8 Å². The van der Waals surface area contributed by atoms with Crippen LogP contribution >= 0.6 is 0 Å². The molecule has 0 atom stereocenters. The van der Waals surface area contributed by atoms with Crippen molar-refractivity contribution in [2.45, 2.75) is 161 Å². The number of rotatable bonds is 25. The molecule has 0 aromatic heterocycles. The lowest BCUT2D eigenvalue weighted by Gasteiger charge is -2.26. The molecule has 1 aliphatic rings. The Morgan fingerprint density at radius 1 is 0.406 bits per heavy atom. The van der Waals surface area contributed by atoms with E-state index in [0.717, 1.165) is 26.3 Å². The van der Waals surface area contributed by atoms with E-state index >= 15 is 0 Å². The van der Waals surface area contributed by atoms with Crippen molar-refractivity contribution in [1.29, 1.82) is 0 Å². The van der Waals surface area contributed by atoms with Gasteiger partial charge in [-0.05, 0) is 13.0 Å². The molecule has 192 valence electrons. The number of unbranched alkanes of at least 4 members (excludes halogenated alkanes) is 23. The molecule has 0 aliphatic carbocycles. The molecule has 2 nitrogen and oxygen atoms in total. The minimum Gasteiger partial charge on any atom is -0.379 e. The number of nitrogens with zero attached hydrogens (tertiary/aromatic N) is 1. The summed E-state index contributed by atoms with van der Waals surface area (Å²) in [5.41, 5.74) is 0. The van der Waals surface area contributed by atoms with Gasteiger partial charge >= 0.3 is 0 Å². The Kier molecular flexibility index (Phi) is 23.9. The van der Waals surface area contributed by atoms with Gasteiger partial charge in [-0.25, -0.2) is 0 Å². The zero-order valence-corrected chi connectivity index (χ0v) is 22.4. The predicted octanol–water partition coefficient (Wildman–Crippen LogP) is 9.70. The maximum absolute atomic E-state index is 5.41. The van der Waals surface area contributed by atoms with Gasteiger partial charge in [-0.3, -0.25) is 4.90 Å². The smallest absolute Gasteiger partial charge is 0.0594 e. The second-order valence-corrected chi connectivity index (χ2v) is 10.6. The Balaban J connectivity index is 1.62. The van der Waals surface area contributed by atoms with Gasteiger partial charge in [0, 0.05) is 13.1 Å². The van der Waals surface area contributed by atoms with Crippen LogP contribution in [0, 0.1) is 0 Å². The quantitative estimate of drug-likeness (QED) is 0.128. The van der Waals surface area contributed by atoms with Crippen molar-refractivity contribution in [3.63, 3.8) is 0 Å². The first-order valence-corrected chi connectivity index (χ1v) is 15.2. The minimum absolute atomic E-state index is 0.944. The third-order valence-electron chi connectivity index (χ3n) is 7.43. The molecular weight excluding hydrogens is 390 g/mol. The van der Waals surface area contributed by atoms with Crippen LogP contribution in [-0.4, -0.2) is 37.7 Å². The summed E-state index contributed by atoms with van der Waals surface area (Å²) in [6.45, 7) is 7.79. The molecule has 0 aromatic rings. The molecule has 0 aromatic carbocycles. The van der Waals surface area contributed by atoms with Crippen molar-refractivity contribution in [2.24, 2.45) is 0 Å². The van der Waals surface area contributed by atoms with Gasteiger partial charge < -0.3 is 4.74 Å².